The second-order valence-electron chi connectivity index (χ2n) is 2.16. The van der Waals surface area contributed by atoms with Crippen LogP contribution < -0.4 is 0 Å². The summed E-state index contributed by atoms with van der Waals surface area (Å²) in [6, 6.07) is 3.30. The van der Waals surface area contributed by atoms with Gasteiger partial charge in [-0.15, -0.1) is 0 Å². The summed E-state index contributed by atoms with van der Waals surface area (Å²) in [6.07, 6.45) is 4.67. The molecule has 0 spiro atoms. The van der Waals surface area contributed by atoms with Crippen molar-refractivity contribution in [3.8, 4) is 0 Å². The SMILES string of the molecule is [Hf+2]=[Si]1CCCCC1. The number of hydrogen-bond acceptors (Lipinski definition) is 0. The van der Waals surface area contributed by atoms with E-state index < -0.39 is 0 Å². The van der Waals surface area contributed by atoms with Crippen LogP contribution >= 0.6 is 0 Å². The molecule has 0 atom stereocenters. The van der Waals surface area contributed by atoms with E-state index in [1.165, 1.54) is 6.42 Å². The first-order valence-corrected chi connectivity index (χ1v) is 10.3. The second-order valence-corrected chi connectivity index (χ2v) is 12.0. The molecule has 0 nitrogen and oxygen atoms in total. The molecule has 0 aliphatic carbocycles. The maximum absolute atomic E-state index is 1.65. The molecule has 1 fully saturated rings. The molecule has 0 aromatic heterocycles. The van der Waals surface area contributed by atoms with Crippen LogP contribution in [0.2, 0.25) is 12.1 Å². The van der Waals surface area contributed by atoms with Crippen molar-refractivity contribution >= 4 is 5.49 Å². The van der Waals surface area contributed by atoms with Crippen molar-refractivity contribution in [1.29, 1.82) is 0 Å². The van der Waals surface area contributed by atoms with Crippen LogP contribution in [0.3, 0.4) is 0 Å². The van der Waals surface area contributed by atoms with Crippen LogP contribution in [0.15, 0.2) is 0 Å². The zero-order valence-electron chi connectivity index (χ0n) is 4.54. The molecule has 0 aromatic carbocycles. The molecule has 2 heteroatoms. The Kier molecular flexibility index (Phi) is 2.82. The van der Waals surface area contributed by atoms with Gasteiger partial charge in [-0.25, -0.2) is 0 Å². The Morgan fingerprint density at radius 3 is 1.86 bits per heavy atom. The first-order valence-electron chi connectivity index (χ1n) is 2.96. The van der Waals surface area contributed by atoms with Crippen LogP contribution in [0.1, 0.15) is 19.3 Å². The van der Waals surface area contributed by atoms with Crippen LogP contribution in [0.4, 0.5) is 0 Å². The number of rotatable bonds is 0. The third kappa shape index (κ3) is 2.22. The zero-order chi connectivity index (χ0) is 5.11. The van der Waals surface area contributed by atoms with Gasteiger partial charge in [-0.05, 0) is 0 Å². The van der Waals surface area contributed by atoms with Gasteiger partial charge in [0.1, 0.15) is 0 Å². The molecule has 36 valence electrons. The van der Waals surface area contributed by atoms with Crippen molar-refractivity contribution in [2.45, 2.75) is 31.4 Å². The Morgan fingerprint density at radius 2 is 1.57 bits per heavy atom. The van der Waals surface area contributed by atoms with Crippen LogP contribution in [0.5, 0.6) is 0 Å². The topological polar surface area (TPSA) is 0 Å². The predicted octanol–water partition coefficient (Wildman–Crippen LogP) is 1.71. The minimum atomic E-state index is 0.346. The maximum atomic E-state index is 1.65. The molecule has 1 saturated heterocycles. The number of hydrogen-bond donors (Lipinski definition) is 0. The van der Waals surface area contributed by atoms with Gasteiger partial charge in [0.25, 0.3) is 0 Å². The van der Waals surface area contributed by atoms with Gasteiger partial charge < -0.3 is 0 Å². The molecule has 0 bridgehead atoms. The van der Waals surface area contributed by atoms with E-state index in [4.69, 9.17) is 0 Å². The molecular weight excluding hydrogens is 267 g/mol. The van der Waals surface area contributed by atoms with Gasteiger partial charge >= 0.3 is 59.8 Å². The molecule has 7 heavy (non-hydrogen) atoms. The summed E-state index contributed by atoms with van der Waals surface area (Å²) in [6.45, 7) is 0. The van der Waals surface area contributed by atoms with Crippen LogP contribution in [-0.2, 0) is 23.0 Å². The first kappa shape index (κ1) is 6.21. The third-order valence-corrected chi connectivity index (χ3v) is 8.76. The second kappa shape index (κ2) is 3.18. The third-order valence-electron chi connectivity index (χ3n) is 1.46. The zero-order valence-corrected chi connectivity index (χ0v) is 9.13. The molecule has 1 aliphatic rings. The van der Waals surface area contributed by atoms with E-state index in [0.717, 1.165) is 0 Å². The fourth-order valence-corrected chi connectivity index (χ4v) is 6.39. The Hall–Kier alpha value is 1.09. The average Bonchev–Trinajstić information content (AvgIpc) is 1.69. The molecule has 0 amide bonds. The van der Waals surface area contributed by atoms with Crippen LogP contribution in [0.25, 0.3) is 0 Å². The van der Waals surface area contributed by atoms with Gasteiger partial charge in [0, 0.05) is 0 Å². The Morgan fingerprint density at radius 1 is 1.00 bits per heavy atom. The van der Waals surface area contributed by atoms with Gasteiger partial charge in [-0.2, -0.15) is 0 Å². The van der Waals surface area contributed by atoms with Crippen molar-refractivity contribution in [1.82, 2.24) is 0 Å². The van der Waals surface area contributed by atoms with E-state index in [2.05, 4.69) is 0 Å². The molecule has 1 aliphatic heterocycles. The summed E-state index contributed by atoms with van der Waals surface area (Å²) < 4.78 is 0. The summed E-state index contributed by atoms with van der Waals surface area (Å²) in [7, 11) is 0. The molecule has 0 unspecified atom stereocenters. The van der Waals surface area contributed by atoms with Gasteiger partial charge in [0.05, 0.1) is 0 Å². The summed E-state index contributed by atoms with van der Waals surface area (Å²) in [5.74, 6) is 0. The van der Waals surface area contributed by atoms with Crippen molar-refractivity contribution in [2.24, 2.45) is 0 Å². The van der Waals surface area contributed by atoms with Gasteiger partial charge in [-0.3, -0.25) is 0 Å². The molecule has 1 heterocycles. The summed E-state index contributed by atoms with van der Waals surface area (Å²) in [5, 5.41) is 0. The van der Waals surface area contributed by atoms with Crippen LogP contribution in [0, 0.1) is 0 Å². The normalized spacial score (nSPS) is 22.9. The summed E-state index contributed by atoms with van der Waals surface area (Å²) in [4.78, 5) is 0. The van der Waals surface area contributed by atoms with Gasteiger partial charge in [0.2, 0.25) is 0 Å². The minimum absolute atomic E-state index is 0.346. The molecule has 0 saturated carbocycles. The van der Waals surface area contributed by atoms with E-state index in [-0.39, 0.29) is 0 Å². The molecule has 1 rings (SSSR count). The summed E-state index contributed by atoms with van der Waals surface area (Å²) in [5.41, 5.74) is 0.346. The van der Waals surface area contributed by atoms with Crippen molar-refractivity contribution in [3.63, 3.8) is 0 Å². The van der Waals surface area contributed by atoms with E-state index in [1.807, 2.05) is 0 Å². The van der Waals surface area contributed by atoms with Gasteiger partial charge in [0.15, 0.2) is 0 Å². The Balaban J connectivity index is 2.25. The molecular formula is C5H10HfSi+2. The van der Waals surface area contributed by atoms with E-state index in [9.17, 15) is 0 Å². The molecule has 0 N–H and O–H groups in total. The monoisotopic (exact) mass is 278 g/mol. The molecule has 0 aromatic rings. The average molecular weight is 277 g/mol. The Labute approximate surface area is 59.8 Å². The Bertz CT molecular complexity index is 72.1. The predicted molar refractivity (Wildman–Crippen MR) is 29.2 cm³/mol. The first-order chi connectivity index (χ1) is 3.39. The summed E-state index contributed by atoms with van der Waals surface area (Å²) >= 11 is 1.55. The molecule has 0 radical (unpaired) electrons. The van der Waals surface area contributed by atoms with Crippen molar-refractivity contribution < 1.29 is 23.0 Å². The van der Waals surface area contributed by atoms with E-state index in [1.54, 1.807) is 47.9 Å². The van der Waals surface area contributed by atoms with E-state index >= 15 is 0 Å². The fraction of sp³-hybridized carbons (Fsp3) is 1.00. The van der Waals surface area contributed by atoms with E-state index in [0.29, 0.717) is 5.49 Å². The van der Waals surface area contributed by atoms with Crippen molar-refractivity contribution in [3.05, 3.63) is 0 Å². The van der Waals surface area contributed by atoms with Gasteiger partial charge in [-0.1, -0.05) is 0 Å². The fourth-order valence-electron chi connectivity index (χ4n) is 0.979. The van der Waals surface area contributed by atoms with Crippen molar-refractivity contribution in [2.75, 3.05) is 0 Å². The quantitative estimate of drug-likeness (QED) is 0.591. The van der Waals surface area contributed by atoms with Crippen LogP contribution in [-0.4, -0.2) is 5.49 Å². The standard InChI is InChI=1S/C5H10Si.Hf/c1-2-4-6-5-3-1;/h1-5H2;/q;+2.